The fraction of sp³-hybridized carbons (Fsp3) is 0.174. The molecule has 1 amide bonds. The van der Waals surface area contributed by atoms with Crippen molar-refractivity contribution in [2.75, 3.05) is 24.3 Å². The van der Waals surface area contributed by atoms with Crippen LogP contribution in [0.15, 0.2) is 64.0 Å². The second-order valence-corrected chi connectivity index (χ2v) is 8.09. The molecule has 0 spiro atoms. The minimum absolute atomic E-state index is 0.0165. The number of carbonyl (C=O) groups excluding carboxylic acids is 1. The Hall–Kier alpha value is -5.07. The van der Waals surface area contributed by atoms with E-state index in [0.717, 1.165) is 0 Å². The molecule has 9 N–H and O–H groups in total. The van der Waals surface area contributed by atoms with Crippen LogP contribution in [0.4, 0.5) is 11.4 Å². The van der Waals surface area contributed by atoms with Crippen molar-refractivity contribution in [3.8, 4) is 11.5 Å². The van der Waals surface area contributed by atoms with Crippen molar-refractivity contribution in [1.82, 2.24) is 10.6 Å². The normalized spacial score (nSPS) is 16.5. The van der Waals surface area contributed by atoms with Crippen LogP contribution in [0.3, 0.4) is 0 Å². The Kier molecular flexibility index (Phi) is 6.46. The lowest BCUT2D eigenvalue weighted by molar-refractivity contribution is -0.121. The van der Waals surface area contributed by atoms with Gasteiger partial charge in [0.2, 0.25) is 5.91 Å². The molecule has 36 heavy (non-hydrogen) atoms. The second-order valence-electron chi connectivity index (χ2n) is 8.09. The van der Waals surface area contributed by atoms with Crippen molar-refractivity contribution in [1.29, 1.82) is 10.8 Å². The van der Waals surface area contributed by atoms with E-state index in [0.29, 0.717) is 34.3 Å². The van der Waals surface area contributed by atoms with Gasteiger partial charge < -0.3 is 36.5 Å². The molecule has 0 aromatic heterocycles. The molecule has 0 radical (unpaired) electrons. The van der Waals surface area contributed by atoms with Crippen molar-refractivity contribution in [2.45, 2.75) is 13.0 Å². The molecule has 1 unspecified atom stereocenters. The Labute approximate surface area is 206 Å². The first-order valence-electron chi connectivity index (χ1n) is 10.8. The molecule has 13 nitrogen and oxygen atoms in total. The monoisotopic (exact) mass is 490 g/mol. The number of carbonyl (C=O) groups is 1. The number of ether oxygens (including phenoxy) is 2. The fourth-order valence-corrected chi connectivity index (χ4v) is 3.40. The fourth-order valence-electron chi connectivity index (χ4n) is 3.40. The molecule has 0 aliphatic carbocycles. The van der Waals surface area contributed by atoms with E-state index in [-0.39, 0.29) is 35.3 Å². The summed E-state index contributed by atoms with van der Waals surface area (Å²) in [6, 6.07) is 11.3. The molecule has 2 aromatic rings. The summed E-state index contributed by atoms with van der Waals surface area (Å²) in [7, 11) is 3.67. The molecule has 0 saturated heterocycles. The highest BCUT2D eigenvalue weighted by Crippen LogP contribution is 2.32. The zero-order valence-electron chi connectivity index (χ0n) is 19.8. The van der Waals surface area contributed by atoms with Crippen molar-refractivity contribution < 1.29 is 14.3 Å². The number of anilines is 2. The first-order valence-corrected chi connectivity index (χ1v) is 10.8. The summed E-state index contributed by atoms with van der Waals surface area (Å²) in [5.41, 5.74) is 13.0. The van der Waals surface area contributed by atoms with E-state index in [2.05, 4.69) is 25.9 Å². The molecule has 0 bridgehead atoms. The summed E-state index contributed by atoms with van der Waals surface area (Å²) >= 11 is 0. The number of nitrogens with one attached hydrogen (secondary N) is 5. The molecule has 0 fully saturated rings. The van der Waals surface area contributed by atoms with Crippen molar-refractivity contribution in [3.05, 3.63) is 59.6 Å². The predicted molar refractivity (Wildman–Crippen MR) is 138 cm³/mol. The smallest absolute Gasteiger partial charge is 0.304 e. The van der Waals surface area contributed by atoms with Crippen LogP contribution in [-0.2, 0) is 4.79 Å². The number of aliphatic imine (C=N–C) groups is 2. The number of guanidine groups is 1. The maximum absolute atomic E-state index is 12.4. The number of amidine groups is 3. The van der Waals surface area contributed by atoms with Crippen LogP contribution in [0.1, 0.15) is 12.5 Å². The van der Waals surface area contributed by atoms with Crippen LogP contribution < -0.4 is 41.8 Å². The number of rotatable bonds is 6. The summed E-state index contributed by atoms with van der Waals surface area (Å²) in [6.07, 6.45) is 0. The number of nitrogen functional groups attached to an aromatic ring is 1. The van der Waals surface area contributed by atoms with E-state index in [9.17, 15) is 4.79 Å². The summed E-state index contributed by atoms with van der Waals surface area (Å²) in [6.45, 7) is 1.65. The first-order chi connectivity index (χ1) is 17.1. The Balaban J connectivity index is 1.77. The number of hydrogen-bond donors (Lipinski definition) is 7. The highest BCUT2D eigenvalue weighted by Gasteiger charge is 2.32. The summed E-state index contributed by atoms with van der Waals surface area (Å²) < 4.78 is 12.1. The maximum Gasteiger partial charge on any atom is 0.304 e. The molecular formula is C23H26N10O3. The van der Waals surface area contributed by atoms with Crippen LogP contribution in [0.5, 0.6) is 11.5 Å². The van der Waals surface area contributed by atoms with Gasteiger partial charge in [-0.1, -0.05) is 12.1 Å². The largest absolute Gasteiger partial charge is 0.435 e. The highest BCUT2D eigenvalue weighted by molar-refractivity contribution is 6.14. The molecule has 2 aromatic carbocycles. The summed E-state index contributed by atoms with van der Waals surface area (Å²) in [5.74, 6) is 0.297. The van der Waals surface area contributed by atoms with Crippen LogP contribution in [0.2, 0.25) is 0 Å². The number of fused-ring (bicyclic) bond motifs is 1. The van der Waals surface area contributed by atoms with Gasteiger partial charge in [0.15, 0.2) is 23.3 Å². The molecule has 1 atom stereocenters. The highest BCUT2D eigenvalue weighted by atomic mass is 16.5. The van der Waals surface area contributed by atoms with Crippen molar-refractivity contribution >= 4 is 40.9 Å². The third-order valence-electron chi connectivity index (χ3n) is 5.15. The molecule has 2 aliphatic rings. The number of para-hydroxylation sites is 2. The molecule has 4 rings (SSSR count). The van der Waals surface area contributed by atoms with Gasteiger partial charge in [0.25, 0.3) is 5.88 Å². The average molecular weight is 491 g/mol. The Morgan fingerprint density at radius 1 is 1.08 bits per heavy atom. The molecular weight excluding hydrogens is 464 g/mol. The van der Waals surface area contributed by atoms with Gasteiger partial charge in [-0.25, -0.2) is 0 Å². The van der Waals surface area contributed by atoms with E-state index in [1.54, 1.807) is 49.4 Å². The molecule has 2 aliphatic heterocycles. The van der Waals surface area contributed by atoms with Gasteiger partial charge >= 0.3 is 6.02 Å². The third kappa shape index (κ3) is 5.04. The SMILES string of the molecule is CC1N=C2NC(Oc3ccccc3NC(=N)N)=NC(Oc3cc(C(=N)N)ccc3N(C)C)=C2NC1=O. The van der Waals surface area contributed by atoms with Gasteiger partial charge in [-0.3, -0.25) is 25.9 Å². The third-order valence-corrected chi connectivity index (χ3v) is 5.15. The molecule has 186 valence electrons. The van der Waals surface area contributed by atoms with Gasteiger partial charge in [-0.15, -0.1) is 0 Å². The number of benzene rings is 2. The Morgan fingerprint density at radius 3 is 2.53 bits per heavy atom. The van der Waals surface area contributed by atoms with Crippen LogP contribution in [0, 0.1) is 10.8 Å². The first kappa shape index (κ1) is 24.1. The van der Waals surface area contributed by atoms with E-state index in [1.807, 2.05) is 19.0 Å². The Bertz CT molecular complexity index is 1350. The second kappa shape index (κ2) is 9.66. The molecule has 13 heteroatoms. The van der Waals surface area contributed by atoms with Gasteiger partial charge in [0.05, 0.1) is 11.4 Å². The number of nitrogens with two attached hydrogens (primary N) is 2. The average Bonchev–Trinajstić information content (AvgIpc) is 2.81. The lowest BCUT2D eigenvalue weighted by atomic mass is 10.1. The van der Waals surface area contributed by atoms with E-state index in [1.165, 1.54) is 0 Å². The quantitative estimate of drug-likeness (QED) is 0.228. The standard InChI is InChI=1S/C23H26N10O3/c1-11-20(34)30-17-19(28-11)31-23(36-15-7-5-4-6-13(15)29-22(26)27)32-21(17)35-16-10-12(18(24)25)8-9-14(16)33(2)3/h4-11H,1-3H3,(H3,24,25)(H,30,34)(H4,26,27,29)(H,28,31,32). The number of amides is 1. The van der Waals surface area contributed by atoms with Crippen LogP contribution >= 0.6 is 0 Å². The number of hydrogen-bond acceptors (Lipinski definition) is 9. The van der Waals surface area contributed by atoms with Gasteiger partial charge in [-0.05, 0) is 37.3 Å². The van der Waals surface area contributed by atoms with Gasteiger partial charge in [0.1, 0.15) is 17.6 Å². The summed E-state index contributed by atoms with van der Waals surface area (Å²) in [4.78, 5) is 23.0. The lowest BCUT2D eigenvalue weighted by Gasteiger charge is -2.27. The van der Waals surface area contributed by atoms with Crippen molar-refractivity contribution in [2.24, 2.45) is 21.5 Å². The van der Waals surface area contributed by atoms with Gasteiger partial charge in [-0.2, -0.15) is 4.99 Å². The zero-order valence-corrected chi connectivity index (χ0v) is 19.8. The molecule has 2 heterocycles. The Morgan fingerprint density at radius 2 is 1.83 bits per heavy atom. The minimum atomic E-state index is -0.651. The van der Waals surface area contributed by atoms with E-state index in [4.69, 9.17) is 31.8 Å². The maximum atomic E-state index is 12.4. The van der Waals surface area contributed by atoms with E-state index < -0.39 is 6.04 Å². The van der Waals surface area contributed by atoms with Gasteiger partial charge in [0, 0.05) is 19.7 Å². The zero-order chi connectivity index (χ0) is 26.0. The van der Waals surface area contributed by atoms with Crippen LogP contribution in [-0.4, -0.2) is 49.7 Å². The molecule has 0 saturated carbocycles. The van der Waals surface area contributed by atoms with Crippen LogP contribution in [0.25, 0.3) is 0 Å². The van der Waals surface area contributed by atoms with E-state index >= 15 is 0 Å². The number of nitrogens with zero attached hydrogens (tertiary/aromatic N) is 3. The predicted octanol–water partition coefficient (Wildman–Crippen LogP) is 0.845. The van der Waals surface area contributed by atoms with Crippen molar-refractivity contribution in [3.63, 3.8) is 0 Å². The topological polar surface area (TPSA) is 199 Å². The minimum Gasteiger partial charge on any atom is -0.435 e. The summed E-state index contributed by atoms with van der Waals surface area (Å²) in [5, 5.41) is 23.7. The lowest BCUT2D eigenvalue weighted by Crippen LogP contribution is -2.50.